The van der Waals surface area contributed by atoms with Crippen molar-refractivity contribution in [3.63, 3.8) is 0 Å². The van der Waals surface area contributed by atoms with Crippen molar-refractivity contribution >= 4 is 17.6 Å². The lowest BCUT2D eigenvalue weighted by Gasteiger charge is -2.06. The molecule has 1 aromatic carbocycles. The van der Waals surface area contributed by atoms with Crippen molar-refractivity contribution in [2.45, 2.75) is 6.92 Å². The van der Waals surface area contributed by atoms with Crippen molar-refractivity contribution in [3.8, 4) is 11.1 Å². The Morgan fingerprint density at radius 2 is 1.90 bits per heavy atom. The SMILES string of the molecule is CCOC(=O)C(=O)Nc1ccc(-c2cccnc2)cc1. The number of hydrogen-bond donors (Lipinski definition) is 1. The number of rotatable bonds is 3. The van der Waals surface area contributed by atoms with Gasteiger partial charge in [-0.25, -0.2) is 4.79 Å². The fourth-order valence-electron chi connectivity index (χ4n) is 1.66. The van der Waals surface area contributed by atoms with E-state index in [0.29, 0.717) is 5.69 Å². The monoisotopic (exact) mass is 270 g/mol. The summed E-state index contributed by atoms with van der Waals surface area (Å²) in [6, 6.07) is 10.9. The first-order chi connectivity index (χ1) is 9.70. The number of carbonyl (C=O) groups excluding carboxylic acids is 2. The molecule has 0 bridgehead atoms. The smallest absolute Gasteiger partial charge is 0.397 e. The number of amides is 1. The van der Waals surface area contributed by atoms with Gasteiger partial charge in [-0.2, -0.15) is 0 Å². The van der Waals surface area contributed by atoms with Gasteiger partial charge in [-0.1, -0.05) is 18.2 Å². The minimum absolute atomic E-state index is 0.173. The second-order valence-electron chi connectivity index (χ2n) is 3.99. The maximum Gasteiger partial charge on any atom is 0.397 e. The molecular formula is C15H14N2O3. The van der Waals surface area contributed by atoms with Crippen LogP contribution in [0, 0.1) is 0 Å². The fraction of sp³-hybridized carbons (Fsp3) is 0.133. The van der Waals surface area contributed by atoms with Crippen LogP contribution in [0.25, 0.3) is 11.1 Å². The van der Waals surface area contributed by atoms with Crippen LogP contribution in [0.5, 0.6) is 0 Å². The largest absolute Gasteiger partial charge is 0.459 e. The van der Waals surface area contributed by atoms with Crippen LogP contribution in [0.15, 0.2) is 48.8 Å². The zero-order valence-corrected chi connectivity index (χ0v) is 11.0. The molecule has 0 radical (unpaired) electrons. The maximum absolute atomic E-state index is 11.5. The number of aromatic nitrogens is 1. The lowest BCUT2D eigenvalue weighted by atomic mass is 10.1. The highest BCUT2D eigenvalue weighted by atomic mass is 16.5. The Bertz CT molecular complexity index is 594. The molecule has 0 aliphatic heterocycles. The third kappa shape index (κ3) is 3.41. The highest BCUT2D eigenvalue weighted by Crippen LogP contribution is 2.20. The van der Waals surface area contributed by atoms with Crippen molar-refractivity contribution in [2.75, 3.05) is 11.9 Å². The minimum Gasteiger partial charge on any atom is -0.459 e. The van der Waals surface area contributed by atoms with E-state index in [9.17, 15) is 9.59 Å². The average Bonchev–Trinajstić information content (AvgIpc) is 2.49. The fourth-order valence-corrected chi connectivity index (χ4v) is 1.66. The lowest BCUT2D eigenvalue weighted by Crippen LogP contribution is -2.24. The number of hydrogen-bond acceptors (Lipinski definition) is 4. The summed E-state index contributed by atoms with van der Waals surface area (Å²) in [6.45, 7) is 1.82. The van der Waals surface area contributed by atoms with Gasteiger partial charge < -0.3 is 10.1 Å². The molecule has 0 atom stereocenters. The van der Waals surface area contributed by atoms with Crippen LogP contribution >= 0.6 is 0 Å². The van der Waals surface area contributed by atoms with E-state index in [1.54, 1.807) is 31.5 Å². The molecule has 20 heavy (non-hydrogen) atoms. The Kier molecular flexibility index (Phi) is 4.44. The molecule has 1 N–H and O–H groups in total. The Morgan fingerprint density at radius 3 is 2.50 bits per heavy atom. The van der Waals surface area contributed by atoms with Crippen LogP contribution in [0.3, 0.4) is 0 Å². The summed E-state index contributed by atoms with van der Waals surface area (Å²) < 4.78 is 4.61. The van der Waals surface area contributed by atoms with Gasteiger partial charge in [0.15, 0.2) is 0 Å². The molecule has 5 heteroatoms. The number of nitrogens with one attached hydrogen (secondary N) is 1. The normalized spacial score (nSPS) is 9.85. The second-order valence-corrected chi connectivity index (χ2v) is 3.99. The summed E-state index contributed by atoms with van der Waals surface area (Å²) >= 11 is 0. The first-order valence-electron chi connectivity index (χ1n) is 6.19. The quantitative estimate of drug-likeness (QED) is 0.686. The van der Waals surface area contributed by atoms with Crippen LogP contribution in [-0.2, 0) is 14.3 Å². The zero-order chi connectivity index (χ0) is 14.4. The van der Waals surface area contributed by atoms with E-state index >= 15 is 0 Å². The summed E-state index contributed by atoms with van der Waals surface area (Å²) in [5, 5.41) is 2.48. The van der Waals surface area contributed by atoms with E-state index in [2.05, 4.69) is 15.0 Å². The van der Waals surface area contributed by atoms with Gasteiger partial charge in [-0.3, -0.25) is 9.78 Å². The molecule has 0 unspecified atom stereocenters. The number of benzene rings is 1. The molecule has 0 spiro atoms. The molecule has 0 aliphatic rings. The lowest BCUT2D eigenvalue weighted by molar-refractivity contribution is -0.152. The van der Waals surface area contributed by atoms with Gasteiger partial charge in [0.25, 0.3) is 0 Å². The molecule has 2 aromatic rings. The van der Waals surface area contributed by atoms with Gasteiger partial charge in [0, 0.05) is 18.1 Å². The molecule has 0 aliphatic carbocycles. The first kappa shape index (κ1) is 13.7. The molecule has 0 fully saturated rings. The summed E-state index contributed by atoms with van der Waals surface area (Å²) in [7, 11) is 0. The van der Waals surface area contributed by atoms with E-state index in [0.717, 1.165) is 11.1 Å². The highest BCUT2D eigenvalue weighted by Gasteiger charge is 2.14. The van der Waals surface area contributed by atoms with Crippen molar-refractivity contribution in [2.24, 2.45) is 0 Å². The maximum atomic E-state index is 11.5. The number of carbonyl (C=O) groups is 2. The number of esters is 1. The molecule has 1 aromatic heterocycles. The summed E-state index contributed by atoms with van der Waals surface area (Å²) in [5.41, 5.74) is 2.50. The minimum atomic E-state index is -0.885. The standard InChI is InChI=1S/C15H14N2O3/c1-2-20-15(19)14(18)17-13-7-5-11(6-8-13)12-4-3-9-16-10-12/h3-10H,2H2,1H3,(H,17,18). The number of ether oxygens (including phenoxy) is 1. The van der Waals surface area contributed by atoms with Gasteiger partial charge in [-0.15, -0.1) is 0 Å². The highest BCUT2D eigenvalue weighted by molar-refractivity contribution is 6.37. The van der Waals surface area contributed by atoms with E-state index in [4.69, 9.17) is 0 Å². The molecule has 5 nitrogen and oxygen atoms in total. The van der Waals surface area contributed by atoms with E-state index in [-0.39, 0.29) is 6.61 Å². The Morgan fingerprint density at radius 1 is 1.15 bits per heavy atom. The topological polar surface area (TPSA) is 68.3 Å². The van der Waals surface area contributed by atoms with Crippen molar-refractivity contribution in [1.82, 2.24) is 4.98 Å². The zero-order valence-electron chi connectivity index (χ0n) is 11.0. The van der Waals surface area contributed by atoms with Crippen LogP contribution < -0.4 is 5.32 Å². The van der Waals surface area contributed by atoms with Crippen molar-refractivity contribution < 1.29 is 14.3 Å². The van der Waals surface area contributed by atoms with Gasteiger partial charge in [0.1, 0.15) is 0 Å². The molecule has 1 heterocycles. The molecule has 2 rings (SSSR count). The van der Waals surface area contributed by atoms with Gasteiger partial charge >= 0.3 is 11.9 Å². The van der Waals surface area contributed by atoms with Gasteiger partial charge in [0.2, 0.25) is 0 Å². The average molecular weight is 270 g/mol. The molecule has 0 saturated heterocycles. The van der Waals surface area contributed by atoms with Crippen LogP contribution in [0.4, 0.5) is 5.69 Å². The molecular weight excluding hydrogens is 256 g/mol. The predicted molar refractivity (Wildman–Crippen MR) is 74.9 cm³/mol. The second kappa shape index (κ2) is 6.47. The number of nitrogens with zero attached hydrogens (tertiary/aromatic N) is 1. The summed E-state index contributed by atoms with van der Waals surface area (Å²) in [4.78, 5) is 26.7. The third-order valence-electron chi connectivity index (χ3n) is 2.60. The summed E-state index contributed by atoms with van der Waals surface area (Å²) in [5.74, 6) is -1.66. The summed E-state index contributed by atoms with van der Waals surface area (Å²) in [6.07, 6.45) is 3.46. The molecule has 1 amide bonds. The third-order valence-corrected chi connectivity index (χ3v) is 2.60. The molecule has 0 saturated carbocycles. The predicted octanol–water partition coefficient (Wildman–Crippen LogP) is 2.25. The van der Waals surface area contributed by atoms with Crippen LogP contribution in [0.2, 0.25) is 0 Å². The Labute approximate surface area is 116 Å². The molecule has 102 valence electrons. The number of anilines is 1. The van der Waals surface area contributed by atoms with Gasteiger partial charge in [0.05, 0.1) is 6.61 Å². The Hall–Kier alpha value is -2.69. The van der Waals surface area contributed by atoms with Gasteiger partial charge in [-0.05, 0) is 36.2 Å². The first-order valence-corrected chi connectivity index (χ1v) is 6.19. The van der Waals surface area contributed by atoms with Crippen LogP contribution in [-0.4, -0.2) is 23.5 Å². The van der Waals surface area contributed by atoms with E-state index < -0.39 is 11.9 Å². The van der Waals surface area contributed by atoms with E-state index in [1.807, 2.05) is 24.3 Å². The van der Waals surface area contributed by atoms with Crippen molar-refractivity contribution in [3.05, 3.63) is 48.8 Å². The van der Waals surface area contributed by atoms with Crippen molar-refractivity contribution in [1.29, 1.82) is 0 Å². The Balaban J connectivity index is 2.06. The number of pyridine rings is 1. The van der Waals surface area contributed by atoms with E-state index in [1.165, 1.54) is 0 Å². The van der Waals surface area contributed by atoms with Crippen LogP contribution in [0.1, 0.15) is 6.92 Å².